The van der Waals surface area contributed by atoms with Gasteiger partial charge in [-0.25, -0.2) is 0 Å². The number of hydrogen-bond acceptors (Lipinski definition) is 3. The molecule has 0 heterocycles. The Hall–Kier alpha value is -1.43. The maximum atomic E-state index is 10.9. The summed E-state index contributed by atoms with van der Waals surface area (Å²) < 4.78 is 0.879. The molecule has 0 saturated carbocycles. The minimum Gasteiger partial charge on any atom is -0.320 e. The number of hydrogen-bond donors (Lipinski definition) is 1. The van der Waals surface area contributed by atoms with Gasteiger partial charge in [-0.3, -0.25) is 14.9 Å². The molecule has 0 aliphatic carbocycles. The third kappa shape index (κ3) is 3.53. The monoisotopic (exact) mass is 258 g/mol. The molecular weight excluding hydrogens is 252 g/mol. The Morgan fingerprint density at radius 3 is 2.50 bits per heavy atom. The van der Waals surface area contributed by atoms with Gasteiger partial charge in [0.2, 0.25) is 0 Å². The van der Waals surface area contributed by atoms with E-state index in [1.54, 1.807) is 24.3 Å². The van der Waals surface area contributed by atoms with Gasteiger partial charge in [-0.05, 0) is 24.3 Å². The van der Waals surface area contributed by atoms with E-state index < -0.39 is 17.4 Å². The Labute approximate surface area is 88.4 Å². The van der Waals surface area contributed by atoms with Crippen molar-refractivity contribution in [1.29, 1.82) is 0 Å². The number of nitrogens with zero attached hydrogens (tertiary/aromatic N) is 1. The van der Waals surface area contributed by atoms with Crippen LogP contribution in [-0.2, 0) is 4.79 Å². The molecule has 1 N–H and O–H groups in total. The number of carbonyl (C=O) groups excluding carboxylic acids is 1. The van der Waals surface area contributed by atoms with E-state index in [0.29, 0.717) is 5.69 Å². The van der Waals surface area contributed by atoms with Crippen LogP contribution in [0.4, 0.5) is 5.69 Å². The fourth-order valence-electron chi connectivity index (χ4n) is 0.851. The fraction of sp³-hybridized carbons (Fsp3) is 0.125. The third-order valence-electron chi connectivity index (χ3n) is 1.40. The van der Waals surface area contributed by atoms with Gasteiger partial charge in [0.05, 0.1) is 0 Å². The summed E-state index contributed by atoms with van der Waals surface area (Å²) in [6.07, 6.45) is 0. The Morgan fingerprint density at radius 2 is 2.00 bits per heavy atom. The maximum absolute atomic E-state index is 10.9. The summed E-state index contributed by atoms with van der Waals surface area (Å²) in [4.78, 5) is 20.3. The molecule has 5 nitrogen and oxygen atoms in total. The lowest BCUT2D eigenvalue weighted by Gasteiger charge is -2.01. The van der Waals surface area contributed by atoms with Crippen molar-refractivity contribution in [2.45, 2.75) is 0 Å². The van der Waals surface area contributed by atoms with Gasteiger partial charge >= 0.3 is 0 Å². The fourth-order valence-corrected chi connectivity index (χ4v) is 1.12. The molecule has 1 aromatic rings. The molecular formula is C8H7BrN2O3. The molecule has 0 spiro atoms. The predicted molar refractivity (Wildman–Crippen MR) is 54.6 cm³/mol. The summed E-state index contributed by atoms with van der Waals surface area (Å²) in [5.41, 5.74) is 0.542. The van der Waals surface area contributed by atoms with Crippen molar-refractivity contribution in [3.8, 4) is 0 Å². The summed E-state index contributed by atoms with van der Waals surface area (Å²) in [5.74, 6) is -0.627. The van der Waals surface area contributed by atoms with Crippen LogP contribution in [0.1, 0.15) is 0 Å². The van der Waals surface area contributed by atoms with Crippen molar-refractivity contribution in [1.82, 2.24) is 0 Å². The first-order valence-electron chi connectivity index (χ1n) is 3.75. The lowest BCUT2D eigenvalue weighted by atomic mass is 10.3. The highest BCUT2D eigenvalue weighted by Gasteiger charge is 2.08. The predicted octanol–water partition coefficient (Wildman–Crippen LogP) is 1.66. The van der Waals surface area contributed by atoms with Crippen LogP contribution in [0.2, 0.25) is 0 Å². The Kier molecular flexibility index (Phi) is 3.58. The zero-order valence-corrected chi connectivity index (χ0v) is 8.65. The lowest BCUT2D eigenvalue weighted by Crippen LogP contribution is -2.21. The van der Waals surface area contributed by atoms with Gasteiger partial charge < -0.3 is 5.32 Å². The molecule has 1 rings (SSSR count). The standard InChI is InChI=1S/C8H7BrN2O3/c9-6-1-3-7(4-2-6)10-8(12)5-11(13)14/h1-4H,5H2,(H,10,12). The normalized spacial score (nSPS) is 9.50. The van der Waals surface area contributed by atoms with Crippen molar-refractivity contribution in [3.63, 3.8) is 0 Å². The largest absolute Gasteiger partial charge is 0.320 e. The van der Waals surface area contributed by atoms with Crippen molar-refractivity contribution >= 4 is 27.5 Å². The topological polar surface area (TPSA) is 72.2 Å². The first kappa shape index (κ1) is 10.6. The second-order valence-electron chi connectivity index (χ2n) is 2.55. The molecule has 74 valence electrons. The van der Waals surface area contributed by atoms with Gasteiger partial charge in [0.15, 0.2) is 0 Å². The van der Waals surface area contributed by atoms with E-state index in [1.807, 2.05) is 0 Å². The number of carbonyl (C=O) groups is 1. The lowest BCUT2D eigenvalue weighted by molar-refractivity contribution is -0.467. The Balaban J connectivity index is 2.56. The Bertz CT molecular complexity index is 350. The average Bonchev–Trinajstić information content (AvgIpc) is 2.07. The summed E-state index contributed by atoms with van der Waals surface area (Å²) in [6, 6.07) is 6.79. The van der Waals surface area contributed by atoms with Crippen LogP contribution in [0.5, 0.6) is 0 Å². The summed E-state index contributed by atoms with van der Waals surface area (Å²) in [6.45, 7) is -0.712. The second kappa shape index (κ2) is 4.71. The molecule has 1 aromatic carbocycles. The van der Waals surface area contributed by atoms with Crippen LogP contribution in [-0.4, -0.2) is 17.4 Å². The summed E-state index contributed by atoms with van der Waals surface area (Å²) >= 11 is 3.23. The smallest absolute Gasteiger partial charge is 0.296 e. The first-order valence-corrected chi connectivity index (χ1v) is 4.54. The quantitative estimate of drug-likeness (QED) is 0.662. The molecule has 1 amide bonds. The summed E-state index contributed by atoms with van der Waals surface area (Å²) in [7, 11) is 0. The number of anilines is 1. The van der Waals surface area contributed by atoms with E-state index in [1.165, 1.54) is 0 Å². The number of nitrogens with one attached hydrogen (secondary N) is 1. The van der Waals surface area contributed by atoms with Gasteiger partial charge in [-0.2, -0.15) is 0 Å². The van der Waals surface area contributed by atoms with Crippen LogP contribution >= 0.6 is 15.9 Å². The van der Waals surface area contributed by atoms with Crippen LogP contribution in [0.15, 0.2) is 28.7 Å². The number of halogens is 1. The van der Waals surface area contributed by atoms with E-state index in [4.69, 9.17) is 0 Å². The van der Waals surface area contributed by atoms with Crippen molar-refractivity contribution in [3.05, 3.63) is 38.9 Å². The molecule has 0 unspecified atom stereocenters. The van der Waals surface area contributed by atoms with Gasteiger partial charge in [0, 0.05) is 15.1 Å². The van der Waals surface area contributed by atoms with Gasteiger partial charge in [-0.1, -0.05) is 15.9 Å². The SMILES string of the molecule is O=C(C[N+](=O)[O-])Nc1ccc(Br)cc1. The first-order chi connectivity index (χ1) is 6.58. The van der Waals surface area contributed by atoms with E-state index >= 15 is 0 Å². The number of amides is 1. The highest BCUT2D eigenvalue weighted by Crippen LogP contribution is 2.13. The molecule has 0 fully saturated rings. The summed E-state index contributed by atoms with van der Waals surface area (Å²) in [5, 5.41) is 12.4. The van der Waals surface area contributed by atoms with Crippen molar-refractivity contribution in [2.24, 2.45) is 0 Å². The maximum Gasteiger partial charge on any atom is 0.296 e. The minimum absolute atomic E-state index is 0.542. The molecule has 6 heteroatoms. The van der Waals surface area contributed by atoms with Crippen molar-refractivity contribution < 1.29 is 9.72 Å². The van der Waals surface area contributed by atoms with Crippen LogP contribution in [0.25, 0.3) is 0 Å². The zero-order chi connectivity index (χ0) is 10.6. The zero-order valence-electron chi connectivity index (χ0n) is 7.07. The third-order valence-corrected chi connectivity index (χ3v) is 1.93. The molecule has 0 aromatic heterocycles. The van der Waals surface area contributed by atoms with Crippen molar-refractivity contribution in [2.75, 3.05) is 11.9 Å². The highest BCUT2D eigenvalue weighted by molar-refractivity contribution is 9.10. The molecule has 0 radical (unpaired) electrons. The number of benzene rings is 1. The number of nitro groups is 1. The van der Waals surface area contributed by atoms with Crippen LogP contribution in [0.3, 0.4) is 0 Å². The molecule has 14 heavy (non-hydrogen) atoms. The molecule has 0 aliphatic heterocycles. The average molecular weight is 259 g/mol. The highest BCUT2D eigenvalue weighted by atomic mass is 79.9. The van der Waals surface area contributed by atoms with E-state index in [-0.39, 0.29) is 0 Å². The molecule has 0 saturated heterocycles. The van der Waals surface area contributed by atoms with Crippen LogP contribution in [0, 0.1) is 10.1 Å². The van der Waals surface area contributed by atoms with E-state index in [2.05, 4.69) is 21.2 Å². The van der Waals surface area contributed by atoms with Gasteiger partial charge in [0.25, 0.3) is 12.5 Å². The molecule has 0 atom stereocenters. The van der Waals surface area contributed by atoms with Crippen LogP contribution < -0.4 is 5.32 Å². The Morgan fingerprint density at radius 1 is 1.43 bits per heavy atom. The van der Waals surface area contributed by atoms with E-state index in [0.717, 1.165) is 4.47 Å². The minimum atomic E-state index is -0.712. The van der Waals surface area contributed by atoms with Gasteiger partial charge in [-0.15, -0.1) is 0 Å². The molecule has 0 bridgehead atoms. The number of rotatable bonds is 3. The van der Waals surface area contributed by atoms with E-state index in [9.17, 15) is 14.9 Å². The molecule has 0 aliphatic rings. The van der Waals surface area contributed by atoms with Gasteiger partial charge in [0.1, 0.15) is 0 Å². The second-order valence-corrected chi connectivity index (χ2v) is 3.46.